The van der Waals surface area contributed by atoms with Crippen molar-refractivity contribution in [2.75, 3.05) is 7.05 Å². The Labute approximate surface area is 176 Å². The van der Waals surface area contributed by atoms with Crippen molar-refractivity contribution in [1.82, 2.24) is 25.9 Å². The highest BCUT2D eigenvalue weighted by molar-refractivity contribution is 5.94. The van der Waals surface area contributed by atoms with Gasteiger partial charge in [-0.2, -0.15) is 0 Å². The van der Waals surface area contributed by atoms with Gasteiger partial charge in [0.2, 0.25) is 11.8 Å². The van der Waals surface area contributed by atoms with Gasteiger partial charge in [-0.1, -0.05) is 31.4 Å². The van der Waals surface area contributed by atoms with Crippen molar-refractivity contribution >= 4 is 17.7 Å². The maximum atomic E-state index is 12.9. The number of nitrogens with zero attached hydrogens (tertiary/aromatic N) is 1. The van der Waals surface area contributed by atoms with Crippen LogP contribution < -0.4 is 16.0 Å². The summed E-state index contributed by atoms with van der Waals surface area (Å²) in [5, 5.41) is 8.41. The number of rotatable bonds is 8. The van der Waals surface area contributed by atoms with Crippen molar-refractivity contribution in [3.05, 3.63) is 53.6 Å². The van der Waals surface area contributed by atoms with Crippen LogP contribution in [0, 0.1) is 5.92 Å². The first-order valence-corrected chi connectivity index (χ1v) is 10.4. The minimum absolute atomic E-state index is 0.0277. The number of imidazole rings is 1. The second-order valence-electron chi connectivity index (χ2n) is 7.67. The summed E-state index contributed by atoms with van der Waals surface area (Å²) in [6, 6.07) is 6.39. The van der Waals surface area contributed by atoms with Crippen molar-refractivity contribution in [2.24, 2.45) is 5.92 Å². The molecule has 0 saturated heterocycles. The van der Waals surface area contributed by atoms with Crippen LogP contribution in [0.5, 0.6) is 0 Å². The van der Waals surface area contributed by atoms with Gasteiger partial charge >= 0.3 is 0 Å². The Kier molecular flexibility index (Phi) is 7.59. The van der Waals surface area contributed by atoms with Gasteiger partial charge in [-0.25, -0.2) is 4.98 Å². The summed E-state index contributed by atoms with van der Waals surface area (Å²) in [7, 11) is 1.58. The Balaban J connectivity index is 1.64. The maximum Gasteiger partial charge on any atom is 0.251 e. The number of amides is 3. The Morgan fingerprint density at radius 1 is 1.20 bits per heavy atom. The highest BCUT2D eigenvalue weighted by Gasteiger charge is 2.27. The van der Waals surface area contributed by atoms with E-state index in [0.29, 0.717) is 12.0 Å². The molecule has 1 aliphatic carbocycles. The first-order valence-electron chi connectivity index (χ1n) is 10.4. The van der Waals surface area contributed by atoms with Gasteiger partial charge in [-0.3, -0.25) is 14.4 Å². The molecule has 0 unspecified atom stereocenters. The average Bonchev–Trinajstić information content (AvgIpc) is 3.30. The van der Waals surface area contributed by atoms with Gasteiger partial charge in [0.1, 0.15) is 6.04 Å². The van der Waals surface area contributed by atoms with Gasteiger partial charge in [0.15, 0.2) is 0 Å². The lowest BCUT2D eigenvalue weighted by molar-refractivity contribution is -0.131. The van der Waals surface area contributed by atoms with E-state index < -0.39 is 6.04 Å². The molecule has 160 valence electrons. The fourth-order valence-electron chi connectivity index (χ4n) is 3.76. The number of carbonyl (C=O) groups excluding carboxylic acids is 3. The van der Waals surface area contributed by atoms with Crippen LogP contribution in [0.4, 0.5) is 0 Å². The minimum atomic E-state index is -0.693. The predicted molar refractivity (Wildman–Crippen MR) is 112 cm³/mol. The molecule has 1 fully saturated rings. The Hall–Kier alpha value is -3.16. The molecule has 0 aliphatic heterocycles. The first-order chi connectivity index (χ1) is 14.6. The van der Waals surface area contributed by atoms with Crippen LogP contribution in [0.3, 0.4) is 0 Å². The van der Waals surface area contributed by atoms with E-state index in [0.717, 1.165) is 43.4 Å². The minimum Gasteiger partial charge on any atom is -0.355 e. The lowest BCUT2D eigenvalue weighted by Gasteiger charge is -2.24. The number of aromatic nitrogens is 2. The standard InChI is InChI=1S/C22H29N5O3/c1-23-20(28)17-9-5-6-15(10-17)12-25-22(30)19(11-18-13-24-14-26-18)27-21(29)16-7-3-2-4-8-16/h5-6,9-10,13-14,16,19H,2-4,7-8,11-12H2,1H3,(H,23,28)(H,24,26)(H,25,30)(H,27,29)/t19-/m0/s1. The number of aromatic amines is 1. The zero-order valence-corrected chi connectivity index (χ0v) is 17.2. The van der Waals surface area contributed by atoms with E-state index in [4.69, 9.17) is 0 Å². The molecule has 8 heteroatoms. The van der Waals surface area contributed by atoms with E-state index in [1.54, 1.807) is 37.8 Å². The van der Waals surface area contributed by atoms with Crippen molar-refractivity contribution < 1.29 is 14.4 Å². The van der Waals surface area contributed by atoms with Crippen LogP contribution in [0.25, 0.3) is 0 Å². The molecular formula is C22H29N5O3. The number of benzene rings is 1. The van der Waals surface area contributed by atoms with Crippen LogP contribution >= 0.6 is 0 Å². The molecule has 2 aromatic rings. The zero-order chi connectivity index (χ0) is 21.3. The maximum absolute atomic E-state index is 12.9. The molecule has 1 aromatic carbocycles. The average molecular weight is 412 g/mol. The third kappa shape index (κ3) is 5.92. The molecule has 1 saturated carbocycles. The third-order valence-corrected chi connectivity index (χ3v) is 5.47. The van der Waals surface area contributed by atoms with Gasteiger partial charge in [-0.15, -0.1) is 0 Å². The van der Waals surface area contributed by atoms with Crippen LogP contribution in [0.1, 0.15) is 53.7 Å². The quantitative estimate of drug-likeness (QED) is 0.529. The molecule has 4 N–H and O–H groups in total. The zero-order valence-electron chi connectivity index (χ0n) is 17.2. The number of nitrogens with one attached hydrogen (secondary N) is 4. The van der Waals surface area contributed by atoms with Gasteiger partial charge in [0, 0.05) is 43.4 Å². The van der Waals surface area contributed by atoms with Crippen molar-refractivity contribution in [2.45, 2.75) is 51.1 Å². The predicted octanol–water partition coefficient (Wildman–Crippen LogP) is 1.69. The van der Waals surface area contributed by atoms with Gasteiger partial charge < -0.3 is 20.9 Å². The normalized spacial score (nSPS) is 15.2. The fourth-order valence-corrected chi connectivity index (χ4v) is 3.76. The number of H-pyrrole nitrogens is 1. The largest absolute Gasteiger partial charge is 0.355 e. The Morgan fingerprint density at radius 3 is 2.70 bits per heavy atom. The van der Waals surface area contributed by atoms with Crippen molar-refractivity contribution in [3.63, 3.8) is 0 Å². The van der Waals surface area contributed by atoms with Gasteiger partial charge in [0.25, 0.3) is 5.91 Å². The van der Waals surface area contributed by atoms with Crippen molar-refractivity contribution in [3.8, 4) is 0 Å². The molecule has 8 nitrogen and oxygen atoms in total. The number of carbonyl (C=O) groups is 3. The van der Waals surface area contributed by atoms with E-state index in [9.17, 15) is 14.4 Å². The number of hydrogen-bond donors (Lipinski definition) is 4. The molecule has 0 spiro atoms. The molecule has 1 atom stereocenters. The van der Waals surface area contributed by atoms with Crippen LogP contribution in [-0.2, 0) is 22.6 Å². The first kappa shape index (κ1) is 21.5. The summed E-state index contributed by atoms with van der Waals surface area (Å²) >= 11 is 0. The molecule has 1 aromatic heterocycles. The summed E-state index contributed by atoms with van der Waals surface area (Å²) in [4.78, 5) is 44.4. The molecule has 3 amide bonds. The summed E-state index contributed by atoms with van der Waals surface area (Å²) < 4.78 is 0. The van der Waals surface area contributed by atoms with E-state index in [1.165, 1.54) is 0 Å². The highest BCUT2D eigenvalue weighted by atomic mass is 16.2. The monoisotopic (exact) mass is 411 g/mol. The van der Waals surface area contributed by atoms with E-state index in [1.807, 2.05) is 6.07 Å². The Bertz CT molecular complexity index is 859. The fraction of sp³-hybridized carbons (Fsp3) is 0.455. The van der Waals surface area contributed by atoms with E-state index >= 15 is 0 Å². The second-order valence-corrected chi connectivity index (χ2v) is 7.67. The molecule has 0 radical (unpaired) electrons. The second kappa shape index (κ2) is 10.6. The molecule has 1 aliphatic rings. The highest BCUT2D eigenvalue weighted by Crippen LogP contribution is 2.23. The third-order valence-electron chi connectivity index (χ3n) is 5.47. The summed E-state index contributed by atoms with van der Waals surface area (Å²) in [6.07, 6.45) is 8.55. The molecule has 30 heavy (non-hydrogen) atoms. The van der Waals surface area contributed by atoms with Gasteiger partial charge in [-0.05, 0) is 30.5 Å². The summed E-state index contributed by atoms with van der Waals surface area (Å²) in [5.74, 6) is -0.532. The molecular weight excluding hydrogens is 382 g/mol. The van der Waals surface area contributed by atoms with Crippen molar-refractivity contribution in [1.29, 1.82) is 0 Å². The van der Waals surface area contributed by atoms with Crippen LogP contribution in [0.15, 0.2) is 36.8 Å². The molecule has 1 heterocycles. The molecule has 0 bridgehead atoms. The number of hydrogen-bond acceptors (Lipinski definition) is 4. The van der Waals surface area contributed by atoms with Crippen LogP contribution in [0.2, 0.25) is 0 Å². The van der Waals surface area contributed by atoms with Gasteiger partial charge in [0.05, 0.1) is 6.33 Å². The summed E-state index contributed by atoms with van der Waals surface area (Å²) in [6.45, 7) is 0.266. The topological polar surface area (TPSA) is 116 Å². The summed E-state index contributed by atoms with van der Waals surface area (Å²) in [5.41, 5.74) is 2.12. The SMILES string of the molecule is CNC(=O)c1cccc(CNC(=O)[C@H](Cc2cnc[nH]2)NC(=O)C2CCCCC2)c1. The molecule has 3 rings (SSSR count). The van der Waals surface area contributed by atoms with E-state index in [-0.39, 0.29) is 30.2 Å². The smallest absolute Gasteiger partial charge is 0.251 e. The van der Waals surface area contributed by atoms with E-state index in [2.05, 4.69) is 25.9 Å². The Morgan fingerprint density at radius 2 is 2.00 bits per heavy atom. The lowest BCUT2D eigenvalue weighted by atomic mass is 9.88. The van der Waals surface area contributed by atoms with Crippen LogP contribution in [-0.4, -0.2) is 40.8 Å². The lowest BCUT2D eigenvalue weighted by Crippen LogP contribution is -2.49.